The minimum absolute atomic E-state index is 0.00841. The van der Waals surface area contributed by atoms with E-state index in [0.29, 0.717) is 18.0 Å². The van der Waals surface area contributed by atoms with Crippen LogP contribution < -0.4 is 4.74 Å². The molecule has 1 aliphatic heterocycles. The Morgan fingerprint density at radius 3 is 2.56 bits per heavy atom. The van der Waals surface area contributed by atoms with E-state index in [1.165, 1.54) is 11.8 Å². The number of carbonyl (C=O) groups is 1. The topological polar surface area (TPSA) is 41.9 Å². The summed E-state index contributed by atoms with van der Waals surface area (Å²) in [4.78, 5) is 19.3. The third kappa shape index (κ3) is 4.12. The van der Waals surface area contributed by atoms with Gasteiger partial charge >= 0.3 is 0 Å². The molecule has 4 nitrogen and oxygen atoms in total. The van der Waals surface area contributed by atoms with Crippen LogP contribution in [0.2, 0.25) is 0 Å². The molecule has 1 aliphatic rings. The highest BCUT2D eigenvalue weighted by molar-refractivity contribution is 8.18. The van der Waals surface area contributed by atoms with Gasteiger partial charge in [-0.1, -0.05) is 30.3 Å². The van der Waals surface area contributed by atoms with Crippen LogP contribution in [0.25, 0.3) is 6.08 Å². The van der Waals surface area contributed by atoms with Gasteiger partial charge in [-0.05, 0) is 61.5 Å². The quantitative estimate of drug-likeness (QED) is 0.727. The van der Waals surface area contributed by atoms with Gasteiger partial charge in [-0.2, -0.15) is 0 Å². The summed E-state index contributed by atoms with van der Waals surface area (Å²) in [6.45, 7) is 5.22. The largest absolute Gasteiger partial charge is 0.457 e. The second-order valence-corrected chi connectivity index (χ2v) is 6.41. The van der Waals surface area contributed by atoms with Crippen molar-refractivity contribution in [1.29, 1.82) is 0 Å². The molecule has 0 radical (unpaired) electrons. The van der Waals surface area contributed by atoms with Crippen LogP contribution in [0.5, 0.6) is 11.5 Å². The molecule has 25 heavy (non-hydrogen) atoms. The zero-order valence-corrected chi connectivity index (χ0v) is 15.1. The highest BCUT2D eigenvalue weighted by atomic mass is 32.2. The summed E-state index contributed by atoms with van der Waals surface area (Å²) < 4.78 is 5.86. The van der Waals surface area contributed by atoms with Gasteiger partial charge in [-0.25, -0.2) is 0 Å². The third-order valence-electron chi connectivity index (χ3n) is 3.63. The fourth-order valence-corrected chi connectivity index (χ4v) is 3.59. The minimum atomic E-state index is 0.00841. The molecule has 2 aromatic rings. The van der Waals surface area contributed by atoms with Crippen LogP contribution >= 0.6 is 11.8 Å². The number of thioether (sulfide) groups is 1. The van der Waals surface area contributed by atoms with Crippen molar-refractivity contribution in [2.75, 3.05) is 13.1 Å². The minimum Gasteiger partial charge on any atom is -0.457 e. The van der Waals surface area contributed by atoms with E-state index in [4.69, 9.17) is 4.74 Å². The molecule has 2 aromatic carbocycles. The van der Waals surface area contributed by atoms with E-state index in [1.54, 1.807) is 4.90 Å². The lowest BCUT2D eigenvalue weighted by Crippen LogP contribution is -2.28. The normalized spacial score (nSPS) is 17.5. The molecule has 1 amide bonds. The van der Waals surface area contributed by atoms with E-state index in [1.807, 2.05) is 74.5 Å². The number of ether oxygens (including phenoxy) is 1. The van der Waals surface area contributed by atoms with Crippen molar-refractivity contribution in [3.63, 3.8) is 0 Å². The Hall–Kier alpha value is -2.53. The monoisotopic (exact) mass is 352 g/mol. The third-order valence-corrected chi connectivity index (χ3v) is 4.68. The molecule has 0 atom stereocenters. The van der Waals surface area contributed by atoms with Gasteiger partial charge in [-0.15, -0.1) is 0 Å². The van der Waals surface area contributed by atoms with E-state index < -0.39 is 0 Å². The molecule has 1 fully saturated rings. The number of carbonyl (C=O) groups excluding carboxylic acids is 1. The maximum Gasteiger partial charge on any atom is 0.266 e. The molecule has 3 rings (SSSR count). The molecular formula is C20H20N2O2S. The number of likely N-dealkylation sites (N-methyl/N-ethyl adjacent to an activating group) is 1. The number of aliphatic imine (C=N–C) groups is 1. The van der Waals surface area contributed by atoms with Gasteiger partial charge in [0.1, 0.15) is 11.5 Å². The first kappa shape index (κ1) is 17.3. The van der Waals surface area contributed by atoms with Crippen molar-refractivity contribution in [3.8, 4) is 11.5 Å². The smallest absolute Gasteiger partial charge is 0.266 e. The Kier molecular flexibility index (Phi) is 5.56. The first-order valence-electron chi connectivity index (χ1n) is 8.30. The van der Waals surface area contributed by atoms with Crippen LogP contribution in [0.15, 0.2) is 64.5 Å². The number of para-hydroxylation sites is 1. The maximum atomic E-state index is 12.5. The zero-order valence-electron chi connectivity index (χ0n) is 14.3. The highest BCUT2D eigenvalue weighted by Crippen LogP contribution is 2.33. The van der Waals surface area contributed by atoms with E-state index in [-0.39, 0.29) is 5.91 Å². The van der Waals surface area contributed by atoms with Crippen LogP contribution in [-0.4, -0.2) is 29.1 Å². The van der Waals surface area contributed by atoms with Gasteiger partial charge in [0.05, 0.1) is 4.91 Å². The Morgan fingerprint density at radius 2 is 1.84 bits per heavy atom. The average molecular weight is 352 g/mol. The van der Waals surface area contributed by atoms with Crippen LogP contribution in [-0.2, 0) is 4.79 Å². The number of nitrogens with zero attached hydrogens (tertiary/aromatic N) is 2. The van der Waals surface area contributed by atoms with Crippen molar-refractivity contribution in [3.05, 3.63) is 65.1 Å². The van der Waals surface area contributed by atoms with Gasteiger partial charge in [0.2, 0.25) is 0 Å². The predicted octanol–water partition coefficient (Wildman–Crippen LogP) is 4.79. The van der Waals surface area contributed by atoms with Crippen molar-refractivity contribution in [2.45, 2.75) is 13.8 Å². The lowest BCUT2D eigenvalue weighted by atomic mass is 10.2. The van der Waals surface area contributed by atoms with Crippen molar-refractivity contribution < 1.29 is 9.53 Å². The van der Waals surface area contributed by atoms with Gasteiger partial charge < -0.3 is 4.74 Å². The van der Waals surface area contributed by atoms with Gasteiger partial charge in [0.15, 0.2) is 5.17 Å². The molecule has 0 aromatic heterocycles. The summed E-state index contributed by atoms with van der Waals surface area (Å²) in [6.07, 6.45) is 1.89. The molecule has 1 saturated heterocycles. The zero-order chi connectivity index (χ0) is 17.6. The summed E-state index contributed by atoms with van der Waals surface area (Å²) in [7, 11) is 0. The molecular weight excluding hydrogens is 332 g/mol. The fourth-order valence-electron chi connectivity index (χ4n) is 2.48. The number of amidine groups is 1. The van der Waals surface area contributed by atoms with Crippen molar-refractivity contribution in [2.24, 2.45) is 4.99 Å². The standard InChI is InChI=1S/C20H20N2O2S/c1-3-21-20-22(4-2)19(23)18(25-20)14-15-9-8-12-17(13-15)24-16-10-6-5-7-11-16/h5-14H,3-4H2,1-2H3/b18-14-,21-20?. The molecule has 0 spiro atoms. The lowest BCUT2D eigenvalue weighted by Gasteiger charge is -2.11. The molecule has 5 heteroatoms. The van der Waals surface area contributed by atoms with Crippen LogP contribution in [0.3, 0.4) is 0 Å². The van der Waals surface area contributed by atoms with E-state index >= 15 is 0 Å². The number of rotatable bonds is 5. The Balaban J connectivity index is 1.83. The maximum absolute atomic E-state index is 12.5. The summed E-state index contributed by atoms with van der Waals surface area (Å²) in [5.74, 6) is 1.54. The summed E-state index contributed by atoms with van der Waals surface area (Å²) >= 11 is 1.43. The van der Waals surface area contributed by atoms with E-state index in [9.17, 15) is 4.79 Å². The number of hydrogen-bond acceptors (Lipinski definition) is 4. The SMILES string of the molecule is CCN=C1S/C(=C\c2cccc(Oc3ccccc3)c2)C(=O)N1CC. The van der Waals surface area contributed by atoms with E-state index in [2.05, 4.69) is 4.99 Å². The molecule has 0 N–H and O–H groups in total. The van der Waals surface area contributed by atoms with Gasteiger partial charge in [0, 0.05) is 13.1 Å². The Morgan fingerprint density at radius 1 is 1.08 bits per heavy atom. The van der Waals surface area contributed by atoms with E-state index in [0.717, 1.165) is 22.2 Å². The molecule has 0 aliphatic carbocycles. The van der Waals surface area contributed by atoms with Gasteiger partial charge in [-0.3, -0.25) is 14.7 Å². The second kappa shape index (κ2) is 8.03. The molecule has 128 valence electrons. The average Bonchev–Trinajstić information content (AvgIpc) is 2.91. The molecule has 1 heterocycles. The first-order valence-corrected chi connectivity index (χ1v) is 9.11. The fraction of sp³-hybridized carbons (Fsp3) is 0.200. The molecule has 0 bridgehead atoms. The number of benzene rings is 2. The van der Waals surface area contributed by atoms with Crippen molar-refractivity contribution in [1.82, 2.24) is 4.90 Å². The Bertz CT molecular complexity index is 815. The van der Waals surface area contributed by atoms with Crippen LogP contribution in [0.1, 0.15) is 19.4 Å². The number of amides is 1. The summed E-state index contributed by atoms with van der Waals surface area (Å²) in [5, 5.41) is 0.776. The second-order valence-electron chi connectivity index (χ2n) is 5.40. The van der Waals surface area contributed by atoms with Crippen LogP contribution in [0.4, 0.5) is 0 Å². The predicted molar refractivity (Wildman–Crippen MR) is 104 cm³/mol. The summed E-state index contributed by atoms with van der Waals surface area (Å²) in [6, 6.07) is 17.4. The van der Waals surface area contributed by atoms with Gasteiger partial charge in [0.25, 0.3) is 5.91 Å². The number of hydrogen-bond donors (Lipinski definition) is 0. The first-order chi connectivity index (χ1) is 12.2. The lowest BCUT2D eigenvalue weighted by molar-refractivity contribution is -0.122. The summed E-state index contributed by atoms with van der Waals surface area (Å²) in [5.41, 5.74) is 0.929. The van der Waals surface area contributed by atoms with Crippen LogP contribution in [0, 0.1) is 0 Å². The molecule has 0 saturated carbocycles. The van der Waals surface area contributed by atoms with Crippen molar-refractivity contribution >= 4 is 28.9 Å². The Labute approximate surface area is 152 Å². The highest BCUT2D eigenvalue weighted by Gasteiger charge is 2.31. The molecule has 0 unspecified atom stereocenters.